The van der Waals surface area contributed by atoms with Gasteiger partial charge in [-0.1, -0.05) is 19.1 Å². The first kappa shape index (κ1) is 13.0. The Morgan fingerprint density at radius 3 is 2.12 bits per heavy atom. The third kappa shape index (κ3) is 3.51. The molecule has 90 valence electrons. The lowest BCUT2D eigenvalue weighted by molar-refractivity contribution is 0.0604. The van der Waals surface area contributed by atoms with Gasteiger partial charge in [0.05, 0.1) is 12.2 Å². The molecule has 0 radical (unpaired) electrons. The van der Waals surface area contributed by atoms with E-state index in [0.29, 0.717) is 12.2 Å². The Hall–Kier alpha value is -1.06. The summed E-state index contributed by atoms with van der Waals surface area (Å²) in [5.41, 5.74) is 0.888. The molecular formula is C13H20O3. The van der Waals surface area contributed by atoms with Gasteiger partial charge in [-0.25, -0.2) is 0 Å². The van der Waals surface area contributed by atoms with Gasteiger partial charge < -0.3 is 14.9 Å². The second kappa shape index (κ2) is 5.87. The minimum absolute atomic E-state index is 0.234. The van der Waals surface area contributed by atoms with Gasteiger partial charge in [-0.05, 0) is 38.0 Å². The van der Waals surface area contributed by atoms with E-state index < -0.39 is 12.2 Å². The van der Waals surface area contributed by atoms with E-state index >= 15 is 0 Å². The molecule has 0 aliphatic heterocycles. The van der Waals surface area contributed by atoms with Crippen molar-refractivity contribution in [1.82, 2.24) is 0 Å². The average molecular weight is 224 g/mol. The molecule has 1 aromatic carbocycles. The zero-order valence-electron chi connectivity index (χ0n) is 10.1. The van der Waals surface area contributed by atoms with E-state index in [-0.39, 0.29) is 6.10 Å². The molecule has 0 aliphatic carbocycles. The van der Waals surface area contributed by atoms with Crippen LogP contribution in [0.2, 0.25) is 0 Å². The van der Waals surface area contributed by atoms with Crippen molar-refractivity contribution >= 4 is 0 Å². The van der Waals surface area contributed by atoms with Gasteiger partial charge in [-0.2, -0.15) is 0 Å². The SMILES string of the molecule is CC[C@@H](O)c1ccc(OC(C)C(C)O)cc1. The van der Waals surface area contributed by atoms with Crippen LogP contribution in [-0.4, -0.2) is 22.4 Å². The Bertz CT molecular complexity index is 305. The molecule has 3 atom stereocenters. The topological polar surface area (TPSA) is 49.7 Å². The number of rotatable bonds is 5. The Kier molecular flexibility index (Phi) is 4.77. The van der Waals surface area contributed by atoms with Crippen LogP contribution in [0.3, 0.4) is 0 Å². The number of hydrogen-bond donors (Lipinski definition) is 2. The van der Waals surface area contributed by atoms with E-state index in [1.54, 1.807) is 6.92 Å². The molecule has 3 nitrogen and oxygen atoms in total. The monoisotopic (exact) mass is 224 g/mol. The maximum Gasteiger partial charge on any atom is 0.121 e. The molecule has 0 saturated carbocycles. The first-order chi connectivity index (χ1) is 7.54. The number of aliphatic hydroxyl groups is 2. The van der Waals surface area contributed by atoms with Gasteiger partial charge in [0.2, 0.25) is 0 Å². The molecule has 3 heteroatoms. The van der Waals surface area contributed by atoms with E-state index in [2.05, 4.69) is 0 Å². The highest BCUT2D eigenvalue weighted by atomic mass is 16.5. The molecular weight excluding hydrogens is 204 g/mol. The largest absolute Gasteiger partial charge is 0.488 e. The number of aliphatic hydroxyl groups excluding tert-OH is 2. The normalized spacial score (nSPS) is 16.6. The number of hydrogen-bond acceptors (Lipinski definition) is 3. The van der Waals surface area contributed by atoms with Crippen molar-refractivity contribution < 1.29 is 14.9 Å². The smallest absolute Gasteiger partial charge is 0.121 e. The lowest BCUT2D eigenvalue weighted by atomic mass is 10.1. The molecule has 16 heavy (non-hydrogen) atoms. The standard InChI is InChI=1S/C13H20O3/c1-4-13(15)11-5-7-12(8-6-11)16-10(3)9(2)14/h5-10,13-15H,4H2,1-3H3/t9?,10?,13-/m1/s1. The van der Waals surface area contributed by atoms with Crippen LogP contribution in [0.5, 0.6) is 5.75 Å². The molecule has 0 spiro atoms. The lowest BCUT2D eigenvalue weighted by Crippen LogP contribution is -2.25. The summed E-state index contributed by atoms with van der Waals surface area (Å²) in [4.78, 5) is 0. The van der Waals surface area contributed by atoms with E-state index in [4.69, 9.17) is 4.74 Å². The van der Waals surface area contributed by atoms with E-state index in [0.717, 1.165) is 5.56 Å². The quantitative estimate of drug-likeness (QED) is 0.806. The second-order valence-electron chi connectivity index (χ2n) is 4.06. The van der Waals surface area contributed by atoms with Crippen molar-refractivity contribution in [2.45, 2.75) is 45.5 Å². The van der Waals surface area contributed by atoms with Crippen molar-refractivity contribution in [3.05, 3.63) is 29.8 Å². The summed E-state index contributed by atoms with van der Waals surface area (Å²) in [6.45, 7) is 5.45. The maximum atomic E-state index is 9.61. The fourth-order valence-electron chi connectivity index (χ4n) is 1.32. The van der Waals surface area contributed by atoms with Gasteiger partial charge >= 0.3 is 0 Å². The van der Waals surface area contributed by atoms with Gasteiger partial charge in [-0.3, -0.25) is 0 Å². The van der Waals surface area contributed by atoms with Gasteiger partial charge in [0.15, 0.2) is 0 Å². The van der Waals surface area contributed by atoms with Gasteiger partial charge in [0.1, 0.15) is 11.9 Å². The summed E-state index contributed by atoms with van der Waals surface area (Å²) in [6.07, 6.45) is -0.448. The highest BCUT2D eigenvalue weighted by Crippen LogP contribution is 2.20. The summed E-state index contributed by atoms with van der Waals surface area (Å²) in [7, 11) is 0. The van der Waals surface area contributed by atoms with Crippen LogP contribution < -0.4 is 4.74 Å². The zero-order valence-corrected chi connectivity index (χ0v) is 10.1. The van der Waals surface area contributed by atoms with E-state index in [9.17, 15) is 10.2 Å². The molecule has 1 aromatic rings. The average Bonchev–Trinajstić information content (AvgIpc) is 2.28. The second-order valence-corrected chi connectivity index (χ2v) is 4.06. The van der Waals surface area contributed by atoms with Crippen molar-refractivity contribution in [3.63, 3.8) is 0 Å². The van der Waals surface area contributed by atoms with Crippen LogP contribution in [0.15, 0.2) is 24.3 Å². The molecule has 0 aliphatic rings. The highest BCUT2D eigenvalue weighted by molar-refractivity contribution is 5.28. The number of benzene rings is 1. The highest BCUT2D eigenvalue weighted by Gasteiger charge is 2.10. The minimum Gasteiger partial charge on any atom is -0.488 e. The maximum absolute atomic E-state index is 9.61. The van der Waals surface area contributed by atoms with E-state index in [1.807, 2.05) is 38.1 Å². The van der Waals surface area contributed by atoms with Crippen molar-refractivity contribution in [3.8, 4) is 5.75 Å². The van der Waals surface area contributed by atoms with Crippen LogP contribution in [0.4, 0.5) is 0 Å². The van der Waals surface area contributed by atoms with Crippen LogP contribution in [0.1, 0.15) is 38.9 Å². The van der Waals surface area contributed by atoms with Crippen molar-refractivity contribution in [1.29, 1.82) is 0 Å². The van der Waals surface area contributed by atoms with Crippen LogP contribution in [-0.2, 0) is 0 Å². The predicted octanol–water partition coefficient (Wildman–Crippen LogP) is 2.28. The third-order valence-electron chi connectivity index (χ3n) is 2.65. The fraction of sp³-hybridized carbons (Fsp3) is 0.538. The van der Waals surface area contributed by atoms with Crippen molar-refractivity contribution in [2.75, 3.05) is 0 Å². The molecule has 0 heterocycles. The van der Waals surface area contributed by atoms with Crippen molar-refractivity contribution in [2.24, 2.45) is 0 Å². The lowest BCUT2D eigenvalue weighted by Gasteiger charge is -2.17. The Morgan fingerprint density at radius 2 is 1.69 bits per heavy atom. The fourth-order valence-corrected chi connectivity index (χ4v) is 1.32. The van der Waals surface area contributed by atoms with Crippen LogP contribution in [0, 0.1) is 0 Å². The van der Waals surface area contributed by atoms with Gasteiger partial charge in [-0.15, -0.1) is 0 Å². The third-order valence-corrected chi connectivity index (χ3v) is 2.65. The summed E-state index contributed by atoms with van der Waals surface area (Å²) in [5, 5.41) is 18.9. The molecule has 2 unspecified atom stereocenters. The van der Waals surface area contributed by atoms with Gasteiger partial charge in [0.25, 0.3) is 0 Å². The molecule has 0 bridgehead atoms. The molecule has 1 rings (SSSR count). The van der Waals surface area contributed by atoms with Crippen LogP contribution >= 0.6 is 0 Å². The van der Waals surface area contributed by atoms with Crippen LogP contribution in [0.25, 0.3) is 0 Å². The van der Waals surface area contributed by atoms with Gasteiger partial charge in [0, 0.05) is 0 Å². The molecule has 0 amide bonds. The Morgan fingerprint density at radius 1 is 1.12 bits per heavy atom. The Labute approximate surface area is 96.7 Å². The summed E-state index contributed by atoms with van der Waals surface area (Å²) in [6, 6.07) is 7.32. The summed E-state index contributed by atoms with van der Waals surface area (Å²) >= 11 is 0. The first-order valence-corrected chi connectivity index (χ1v) is 5.67. The first-order valence-electron chi connectivity index (χ1n) is 5.67. The Balaban J connectivity index is 2.64. The molecule has 2 N–H and O–H groups in total. The predicted molar refractivity (Wildman–Crippen MR) is 63.5 cm³/mol. The molecule has 0 saturated heterocycles. The molecule has 0 fully saturated rings. The summed E-state index contributed by atoms with van der Waals surface area (Å²) in [5.74, 6) is 0.709. The minimum atomic E-state index is -0.499. The number of ether oxygens (including phenoxy) is 1. The van der Waals surface area contributed by atoms with E-state index in [1.165, 1.54) is 0 Å². The summed E-state index contributed by atoms with van der Waals surface area (Å²) < 4.78 is 5.51. The molecule has 0 aromatic heterocycles. The zero-order chi connectivity index (χ0) is 12.1.